The zero-order valence-corrected chi connectivity index (χ0v) is 11.5. The lowest BCUT2D eigenvalue weighted by Crippen LogP contribution is -2.31. The molecule has 1 aromatic heterocycles. The maximum absolute atomic E-state index is 5.48. The minimum Gasteiger partial charge on any atom is -0.299 e. The molecule has 1 aromatic rings. The minimum absolute atomic E-state index is 0.0296. The van der Waals surface area contributed by atoms with Gasteiger partial charge in [-0.3, -0.25) is 10.00 Å². The first-order chi connectivity index (χ1) is 7.84. The molecule has 1 atom stereocenters. The highest BCUT2D eigenvalue weighted by molar-refractivity contribution is 5.07. The maximum atomic E-state index is 5.48. The Hall–Kier alpha value is -1.27. The molecular weight excluding hydrogens is 210 g/mol. The molecule has 1 heterocycles. The van der Waals surface area contributed by atoms with Crippen LogP contribution in [0, 0.1) is 18.3 Å². The van der Waals surface area contributed by atoms with Crippen molar-refractivity contribution in [1.82, 2.24) is 15.1 Å². The van der Waals surface area contributed by atoms with E-state index in [9.17, 15) is 0 Å². The van der Waals surface area contributed by atoms with Crippen molar-refractivity contribution in [3.05, 3.63) is 18.0 Å². The largest absolute Gasteiger partial charge is 0.299 e. The maximum Gasteiger partial charge on any atom is 0.0712 e. The van der Waals surface area contributed by atoms with E-state index in [1.807, 2.05) is 10.9 Å². The van der Waals surface area contributed by atoms with Crippen molar-refractivity contribution in [1.29, 1.82) is 0 Å². The van der Waals surface area contributed by atoms with Crippen molar-refractivity contribution in [3.8, 4) is 12.3 Å². The van der Waals surface area contributed by atoms with Crippen molar-refractivity contribution in [2.24, 2.45) is 5.92 Å². The molecule has 0 aliphatic rings. The molecule has 3 heteroatoms. The van der Waals surface area contributed by atoms with E-state index >= 15 is 0 Å². The van der Waals surface area contributed by atoms with Gasteiger partial charge in [-0.2, -0.15) is 5.10 Å². The van der Waals surface area contributed by atoms with Gasteiger partial charge in [0, 0.05) is 18.3 Å². The highest BCUT2D eigenvalue weighted by Crippen LogP contribution is 2.13. The van der Waals surface area contributed by atoms with E-state index in [-0.39, 0.29) is 11.6 Å². The summed E-state index contributed by atoms with van der Waals surface area (Å²) in [7, 11) is 0. The Morgan fingerprint density at radius 2 is 2.12 bits per heavy atom. The van der Waals surface area contributed by atoms with Crippen LogP contribution in [0.4, 0.5) is 0 Å². The molecule has 0 radical (unpaired) electrons. The van der Waals surface area contributed by atoms with E-state index in [1.54, 1.807) is 0 Å². The van der Waals surface area contributed by atoms with E-state index in [0.717, 1.165) is 6.54 Å². The fourth-order valence-electron chi connectivity index (χ4n) is 1.53. The number of terminal acetylenes is 1. The molecular formula is C14H23N3. The van der Waals surface area contributed by atoms with E-state index in [4.69, 9.17) is 6.42 Å². The topological polar surface area (TPSA) is 29.9 Å². The second-order valence-electron chi connectivity index (χ2n) is 5.73. The predicted octanol–water partition coefficient (Wildman–Crippen LogP) is 2.39. The van der Waals surface area contributed by atoms with Crippen LogP contribution in [0.15, 0.2) is 12.4 Å². The Labute approximate surface area is 105 Å². The first-order valence-electron chi connectivity index (χ1n) is 6.08. The SMILES string of the molecule is C#CC(NCc1cnn(C(C)(C)C)c1)C(C)C. The number of rotatable bonds is 4. The summed E-state index contributed by atoms with van der Waals surface area (Å²) >= 11 is 0. The zero-order chi connectivity index (χ0) is 13.1. The molecule has 94 valence electrons. The summed E-state index contributed by atoms with van der Waals surface area (Å²) in [5.74, 6) is 3.21. The average Bonchev–Trinajstić information content (AvgIpc) is 2.66. The van der Waals surface area contributed by atoms with Gasteiger partial charge in [-0.15, -0.1) is 6.42 Å². The van der Waals surface area contributed by atoms with Gasteiger partial charge in [-0.1, -0.05) is 19.8 Å². The van der Waals surface area contributed by atoms with Crippen molar-refractivity contribution < 1.29 is 0 Å². The van der Waals surface area contributed by atoms with Crippen molar-refractivity contribution >= 4 is 0 Å². The van der Waals surface area contributed by atoms with Crippen LogP contribution in [0.2, 0.25) is 0 Å². The highest BCUT2D eigenvalue weighted by atomic mass is 15.3. The number of nitrogens with one attached hydrogen (secondary N) is 1. The second-order valence-corrected chi connectivity index (χ2v) is 5.73. The summed E-state index contributed by atoms with van der Waals surface area (Å²) in [6.45, 7) is 11.4. The monoisotopic (exact) mass is 233 g/mol. The summed E-state index contributed by atoms with van der Waals surface area (Å²) < 4.78 is 1.98. The molecule has 0 amide bonds. The molecule has 0 saturated carbocycles. The van der Waals surface area contributed by atoms with E-state index in [0.29, 0.717) is 5.92 Å². The van der Waals surface area contributed by atoms with Crippen LogP contribution in [-0.2, 0) is 12.1 Å². The second kappa shape index (κ2) is 5.37. The normalized spacial score (nSPS) is 13.7. The summed E-state index contributed by atoms with van der Waals surface area (Å²) in [4.78, 5) is 0. The van der Waals surface area contributed by atoms with Crippen molar-refractivity contribution in [3.63, 3.8) is 0 Å². The van der Waals surface area contributed by atoms with Gasteiger partial charge in [0.2, 0.25) is 0 Å². The fourth-order valence-corrected chi connectivity index (χ4v) is 1.53. The third-order valence-corrected chi connectivity index (χ3v) is 2.70. The van der Waals surface area contributed by atoms with Crippen LogP contribution >= 0.6 is 0 Å². The van der Waals surface area contributed by atoms with Gasteiger partial charge in [-0.25, -0.2) is 0 Å². The van der Waals surface area contributed by atoms with E-state index in [2.05, 4.69) is 57.2 Å². The van der Waals surface area contributed by atoms with Gasteiger partial charge in [-0.05, 0) is 26.7 Å². The zero-order valence-electron chi connectivity index (χ0n) is 11.5. The molecule has 0 aromatic carbocycles. The Bertz CT molecular complexity index is 390. The molecule has 0 aliphatic carbocycles. The van der Waals surface area contributed by atoms with Gasteiger partial charge in [0.25, 0.3) is 0 Å². The van der Waals surface area contributed by atoms with Gasteiger partial charge < -0.3 is 0 Å². The molecule has 1 unspecified atom stereocenters. The van der Waals surface area contributed by atoms with Gasteiger partial charge in [0.1, 0.15) is 0 Å². The number of nitrogens with zero attached hydrogens (tertiary/aromatic N) is 2. The van der Waals surface area contributed by atoms with Crippen LogP contribution in [-0.4, -0.2) is 15.8 Å². The summed E-state index contributed by atoms with van der Waals surface area (Å²) in [5, 5.41) is 7.72. The fraction of sp³-hybridized carbons (Fsp3) is 0.643. The van der Waals surface area contributed by atoms with Crippen molar-refractivity contribution in [2.75, 3.05) is 0 Å². The third kappa shape index (κ3) is 3.90. The number of hydrogen-bond acceptors (Lipinski definition) is 2. The molecule has 17 heavy (non-hydrogen) atoms. The molecule has 0 bridgehead atoms. The molecule has 0 spiro atoms. The predicted molar refractivity (Wildman–Crippen MR) is 71.5 cm³/mol. The molecule has 0 saturated heterocycles. The third-order valence-electron chi connectivity index (χ3n) is 2.70. The number of hydrogen-bond donors (Lipinski definition) is 1. The Morgan fingerprint density at radius 3 is 2.53 bits per heavy atom. The van der Waals surface area contributed by atoms with E-state index in [1.165, 1.54) is 5.56 Å². The lowest BCUT2D eigenvalue weighted by atomic mass is 10.1. The molecule has 1 rings (SSSR count). The number of aromatic nitrogens is 2. The van der Waals surface area contributed by atoms with Gasteiger partial charge in [0.15, 0.2) is 0 Å². The first kappa shape index (κ1) is 13.8. The van der Waals surface area contributed by atoms with Crippen LogP contribution in [0.25, 0.3) is 0 Å². The summed E-state index contributed by atoms with van der Waals surface area (Å²) in [6.07, 6.45) is 9.44. The molecule has 0 aliphatic heterocycles. The smallest absolute Gasteiger partial charge is 0.0712 e. The summed E-state index contributed by atoms with van der Waals surface area (Å²) in [5.41, 5.74) is 1.20. The van der Waals surface area contributed by atoms with Crippen LogP contribution < -0.4 is 5.32 Å². The molecule has 1 N–H and O–H groups in total. The highest BCUT2D eigenvalue weighted by Gasteiger charge is 2.14. The lowest BCUT2D eigenvalue weighted by molar-refractivity contribution is 0.355. The Kier molecular flexibility index (Phi) is 4.36. The molecule has 0 fully saturated rings. The van der Waals surface area contributed by atoms with Crippen molar-refractivity contribution in [2.45, 2.75) is 52.7 Å². The lowest BCUT2D eigenvalue weighted by Gasteiger charge is -2.19. The quantitative estimate of drug-likeness (QED) is 0.809. The first-order valence-corrected chi connectivity index (χ1v) is 6.08. The Morgan fingerprint density at radius 1 is 1.47 bits per heavy atom. The van der Waals surface area contributed by atoms with Crippen LogP contribution in [0.1, 0.15) is 40.2 Å². The standard InChI is InChI=1S/C14H23N3/c1-7-13(11(2)3)15-8-12-9-16-17(10-12)14(4,5)6/h1,9-11,13,15H,8H2,2-6H3. The van der Waals surface area contributed by atoms with Gasteiger partial charge in [0.05, 0.1) is 17.8 Å². The van der Waals surface area contributed by atoms with Gasteiger partial charge >= 0.3 is 0 Å². The van der Waals surface area contributed by atoms with E-state index < -0.39 is 0 Å². The van der Waals surface area contributed by atoms with Crippen LogP contribution in [0.5, 0.6) is 0 Å². The minimum atomic E-state index is 0.0296. The average molecular weight is 233 g/mol. The summed E-state index contributed by atoms with van der Waals surface area (Å²) in [6, 6.07) is 0.119. The Balaban J connectivity index is 2.59. The van der Waals surface area contributed by atoms with Crippen LogP contribution in [0.3, 0.4) is 0 Å². The molecule has 3 nitrogen and oxygen atoms in total.